The molecule has 0 amide bonds. The number of thiazole rings is 1. The van der Waals surface area contributed by atoms with Crippen LogP contribution in [0.1, 0.15) is 11.9 Å². The van der Waals surface area contributed by atoms with Crippen molar-refractivity contribution in [3.63, 3.8) is 0 Å². The summed E-state index contributed by atoms with van der Waals surface area (Å²) in [7, 11) is -3.63. The van der Waals surface area contributed by atoms with Crippen molar-refractivity contribution in [1.29, 1.82) is 0 Å². The normalized spacial score (nSPS) is 13.8. The van der Waals surface area contributed by atoms with Crippen LogP contribution in [0.5, 0.6) is 0 Å². The highest BCUT2D eigenvalue weighted by Gasteiger charge is 2.28. The van der Waals surface area contributed by atoms with Gasteiger partial charge in [-0.25, -0.2) is 13.4 Å². The molecule has 78 valence electrons. The number of carboxylic acid groups (broad SMARTS) is 1. The number of carboxylic acids is 1. The van der Waals surface area contributed by atoms with Gasteiger partial charge in [0.25, 0.3) is 0 Å². The van der Waals surface area contributed by atoms with E-state index in [1.807, 2.05) is 0 Å². The van der Waals surface area contributed by atoms with Crippen molar-refractivity contribution in [3.8, 4) is 0 Å². The molecule has 0 aliphatic heterocycles. The maximum absolute atomic E-state index is 11.4. The van der Waals surface area contributed by atoms with Crippen molar-refractivity contribution < 1.29 is 18.3 Å². The molecule has 1 unspecified atom stereocenters. The summed E-state index contributed by atoms with van der Waals surface area (Å²) in [6.45, 7) is 1.16. The summed E-state index contributed by atoms with van der Waals surface area (Å²) in [6.07, 6.45) is 1.49. The van der Waals surface area contributed by atoms with E-state index in [4.69, 9.17) is 5.11 Å². The summed E-state index contributed by atoms with van der Waals surface area (Å²) in [5.74, 6) is -1.64. The molecule has 1 aromatic heterocycles. The molecular formula is C7H9NO4S2. The average molecular weight is 235 g/mol. The number of nitrogens with zero attached hydrogens (tertiary/aromatic N) is 1. The maximum atomic E-state index is 11.4. The highest BCUT2D eigenvalue weighted by molar-refractivity contribution is 7.92. The molecule has 0 spiro atoms. The van der Waals surface area contributed by atoms with Crippen molar-refractivity contribution in [1.82, 2.24) is 4.98 Å². The monoisotopic (exact) mass is 235 g/mol. The fourth-order valence-corrected chi connectivity index (χ4v) is 2.92. The third kappa shape index (κ3) is 2.52. The van der Waals surface area contributed by atoms with Gasteiger partial charge in [0.15, 0.2) is 15.1 Å². The molecule has 14 heavy (non-hydrogen) atoms. The predicted molar refractivity (Wildman–Crippen MR) is 51.8 cm³/mol. The van der Waals surface area contributed by atoms with E-state index in [1.165, 1.54) is 17.5 Å². The first-order chi connectivity index (χ1) is 6.43. The zero-order valence-corrected chi connectivity index (χ0v) is 9.01. The molecule has 0 aliphatic rings. The van der Waals surface area contributed by atoms with Gasteiger partial charge in [0, 0.05) is 11.6 Å². The Labute approximate surface area is 85.3 Å². The third-order valence-corrected chi connectivity index (χ3v) is 4.61. The lowest BCUT2D eigenvalue weighted by Crippen LogP contribution is -2.27. The summed E-state index contributed by atoms with van der Waals surface area (Å²) < 4.78 is 22.9. The molecule has 1 heterocycles. The van der Waals surface area contributed by atoms with Gasteiger partial charge in [-0.1, -0.05) is 0 Å². The SMILES string of the molecule is CC(C(=O)O)S(=O)(=O)Cc1nccs1. The third-order valence-electron chi connectivity index (χ3n) is 1.69. The lowest BCUT2D eigenvalue weighted by atomic mass is 10.5. The van der Waals surface area contributed by atoms with Crippen molar-refractivity contribution >= 4 is 27.1 Å². The molecule has 0 aliphatic carbocycles. The first-order valence-corrected chi connectivity index (χ1v) is 6.36. The minimum Gasteiger partial charge on any atom is -0.480 e. The summed E-state index contributed by atoms with van der Waals surface area (Å²) in [5, 5.41) is 9.23. The van der Waals surface area contributed by atoms with Crippen LogP contribution in [-0.2, 0) is 20.4 Å². The largest absolute Gasteiger partial charge is 0.480 e. The van der Waals surface area contributed by atoms with E-state index in [-0.39, 0.29) is 5.75 Å². The number of sulfone groups is 1. The van der Waals surface area contributed by atoms with Crippen LogP contribution in [0, 0.1) is 0 Å². The van der Waals surface area contributed by atoms with Gasteiger partial charge in [0.05, 0.1) is 0 Å². The van der Waals surface area contributed by atoms with Gasteiger partial charge < -0.3 is 5.11 Å². The van der Waals surface area contributed by atoms with Crippen molar-refractivity contribution in [2.45, 2.75) is 17.9 Å². The van der Waals surface area contributed by atoms with Gasteiger partial charge in [-0.2, -0.15) is 0 Å². The molecular weight excluding hydrogens is 226 g/mol. The van der Waals surface area contributed by atoms with Crippen LogP contribution in [0.15, 0.2) is 11.6 Å². The number of rotatable bonds is 4. The van der Waals surface area contributed by atoms with Crippen LogP contribution >= 0.6 is 11.3 Å². The fourth-order valence-electron chi connectivity index (χ4n) is 0.775. The summed E-state index contributed by atoms with van der Waals surface area (Å²) in [5.41, 5.74) is 0. The van der Waals surface area contributed by atoms with Gasteiger partial charge in [0.2, 0.25) is 0 Å². The number of hydrogen-bond acceptors (Lipinski definition) is 5. The van der Waals surface area contributed by atoms with Gasteiger partial charge in [-0.05, 0) is 6.92 Å². The Hall–Kier alpha value is -0.950. The molecule has 0 radical (unpaired) electrons. The minimum atomic E-state index is -3.63. The Kier molecular flexibility index (Phi) is 3.22. The Balaban J connectivity index is 2.83. The Bertz CT molecular complexity index is 409. The highest BCUT2D eigenvalue weighted by Crippen LogP contribution is 2.13. The fraction of sp³-hybridized carbons (Fsp3) is 0.429. The van der Waals surface area contributed by atoms with Crippen molar-refractivity contribution in [2.75, 3.05) is 0 Å². The average Bonchev–Trinajstić information content (AvgIpc) is 2.54. The number of aliphatic carboxylic acids is 1. The Morgan fingerprint density at radius 2 is 2.36 bits per heavy atom. The van der Waals surface area contributed by atoms with Crippen LogP contribution in [0.4, 0.5) is 0 Å². The van der Waals surface area contributed by atoms with Gasteiger partial charge >= 0.3 is 5.97 Å². The van der Waals surface area contributed by atoms with Crippen LogP contribution < -0.4 is 0 Å². The van der Waals surface area contributed by atoms with Crippen LogP contribution in [-0.4, -0.2) is 29.7 Å². The summed E-state index contributed by atoms with van der Waals surface area (Å²) >= 11 is 1.20. The van der Waals surface area contributed by atoms with E-state index in [2.05, 4.69) is 4.98 Å². The van der Waals surface area contributed by atoms with Gasteiger partial charge in [0.1, 0.15) is 10.8 Å². The lowest BCUT2D eigenvalue weighted by Gasteiger charge is -2.05. The molecule has 1 N–H and O–H groups in total. The molecule has 5 nitrogen and oxygen atoms in total. The van der Waals surface area contributed by atoms with Gasteiger partial charge in [-0.3, -0.25) is 4.79 Å². The number of hydrogen-bond donors (Lipinski definition) is 1. The molecule has 0 saturated heterocycles. The zero-order chi connectivity index (χ0) is 10.8. The second-order valence-electron chi connectivity index (χ2n) is 2.71. The lowest BCUT2D eigenvalue weighted by molar-refractivity contribution is -0.136. The number of aromatic nitrogens is 1. The second-order valence-corrected chi connectivity index (χ2v) is 6.01. The van der Waals surface area contributed by atoms with E-state index in [9.17, 15) is 13.2 Å². The Morgan fingerprint density at radius 1 is 1.71 bits per heavy atom. The van der Waals surface area contributed by atoms with E-state index in [1.54, 1.807) is 5.38 Å². The first kappa shape index (κ1) is 11.1. The zero-order valence-electron chi connectivity index (χ0n) is 7.37. The molecule has 1 atom stereocenters. The number of carbonyl (C=O) groups is 1. The minimum absolute atomic E-state index is 0.307. The van der Waals surface area contributed by atoms with Crippen LogP contribution in [0.25, 0.3) is 0 Å². The second kappa shape index (κ2) is 4.05. The molecule has 0 bridgehead atoms. The molecule has 0 saturated carbocycles. The first-order valence-electron chi connectivity index (χ1n) is 3.76. The summed E-state index contributed by atoms with van der Waals surface area (Å²) in [4.78, 5) is 14.3. The molecule has 7 heteroatoms. The van der Waals surface area contributed by atoms with Crippen LogP contribution in [0.3, 0.4) is 0 Å². The predicted octanol–water partition coefficient (Wildman–Crippen LogP) is 0.531. The smallest absolute Gasteiger partial charge is 0.321 e. The van der Waals surface area contributed by atoms with Crippen molar-refractivity contribution in [3.05, 3.63) is 16.6 Å². The quantitative estimate of drug-likeness (QED) is 0.823. The molecule has 0 fully saturated rings. The van der Waals surface area contributed by atoms with Crippen LogP contribution in [0.2, 0.25) is 0 Å². The maximum Gasteiger partial charge on any atom is 0.321 e. The van der Waals surface area contributed by atoms with E-state index in [0.29, 0.717) is 5.01 Å². The molecule has 1 rings (SSSR count). The molecule has 0 aromatic carbocycles. The standard InChI is InChI=1S/C7H9NO4S2/c1-5(7(9)10)14(11,12)4-6-8-2-3-13-6/h2-3,5H,4H2,1H3,(H,9,10). The highest BCUT2D eigenvalue weighted by atomic mass is 32.2. The Morgan fingerprint density at radius 3 is 2.79 bits per heavy atom. The van der Waals surface area contributed by atoms with E-state index < -0.39 is 21.1 Å². The summed E-state index contributed by atoms with van der Waals surface area (Å²) in [6, 6.07) is 0. The van der Waals surface area contributed by atoms with Crippen molar-refractivity contribution in [2.24, 2.45) is 0 Å². The topological polar surface area (TPSA) is 84.3 Å². The van der Waals surface area contributed by atoms with E-state index in [0.717, 1.165) is 6.92 Å². The van der Waals surface area contributed by atoms with Gasteiger partial charge in [-0.15, -0.1) is 11.3 Å². The van der Waals surface area contributed by atoms with E-state index >= 15 is 0 Å². The molecule has 1 aromatic rings.